The van der Waals surface area contributed by atoms with Crippen LogP contribution in [0.1, 0.15) is 46.4 Å². The van der Waals surface area contributed by atoms with Crippen molar-refractivity contribution in [3.8, 4) is 0 Å². The van der Waals surface area contributed by atoms with Gasteiger partial charge in [0.1, 0.15) is 0 Å². The summed E-state index contributed by atoms with van der Waals surface area (Å²) in [4.78, 5) is 11.9. The summed E-state index contributed by atoms with van der Waals surface area (Å²) in [6.45, 7) is 5.61. The molecule has 0 spiro atoms. The molecule has 1 N–H and O–H groups in total. The van der Waals surface area contributed by atoms with E-state index < -0.39 is 16.0 Å². The molecule has 25 heavy (non-hydrogen) atoms. The van der Waals surface area contributed by atoms with Crippen LogP contribution < -0.4 is 4.72 Å². The zero-order chi connectivity index (χ0) is 18.6. The maximum atomic E-state index is 12.8. The number of methoxy groups -OCH3 is 1. The highest BCUT2D eigenvalue weighted by atomic mass is 32.2. The molecule has 134 valence electrons. The van der Waals surface area contributed by atoms with Crippen LogP contribution in [0.15, 0.2) is 47.4 Å². The molecule has 0 aliphatic carbocycles. The first-order chi connectivity index (χ1) is 11.8. The predicted octanol–water partition coefficient (Wildman–Crippen LogP) is 3.52. The van der Waals surface area contributed by atoms with Gasteiger partial charge in [0, 0.05) is 6.04 Å². The standard InChI is InChI=1S/C19H23NO4S/c1-5-18(16-9-7-6-8-13(16)2)20-25(22,23)15-11-10-14(3)17(12-15)19(21)24-4/h6-12,18,20H,5H2,1-4H3/t18-/m0/s1. The molecule has 0 aliphatic heterocycles. The number of aryl methyl sites for hydroxylation is 2. The van der Waals surface area contributed by atoms with Crippen LogP contribution >= 0.6 is 0 Å². The monoisotopic (exact) mass is 361 g/mol. The summed E-state index contributed by atoms with van der Waals surface area (Å²) >= 11 is 0. The third-order valence-electron chi connectivity index (χ3n) is 4.19. The number of carbonyl (C=O) groups is 1. The Kier molecular flexibility index (Phi) is 5.98. The van der Waals surface area contributed by atoms with Gasteiger partial charge >= 0.3 is 5.97 Å². The predicted molar refractivity (Wildman–Crippen MR) is 97.1 cm³/mol. The molecule has 2 rings (SSSR count). The minimum Gasteiger partial charge on any atom is -0.465 e. The third-order valence-corrected chi connectivity index (χ3v) is 5.66. The molecule has 6 heteroatoms. The minimum absolute atomic E-state index is 0.0468. The number of ether oxygens (including phenoxy) is 1. The van der Waals surface area contributed by atoms with E-state index in [9.17, 15) is 13.2 Å². The molecule has 1 atom stereocenters. The van der Waals surface area contributed by atoms with Crippen LogP contribution in [-0.4, -0.2) is 21.5 Å². The number of hydrogen-bond donors (Lipinski definition) is 1. The lowest BCUT2D eigenvalue weighted by atomic mass is 10.0. The van der Waals surface area contributed by atoms with Gasteiger partial charge in [-0.2, -0.15) is 0 Å². The Morgan fingerprint density at radius 3 is 2.40 bits per heavy atom. The van der Waals surface area contributed by atoms with Gasteiger partial charge in [-0.25, -0.2) is 17.9 Å². The number of nitrogens with one attached hydrogen (secondary N) is 1. The van der Waals surface area contributed by atoms with E-state index in [-0.39, 0.29) is 16.5 Å². The summed E-state index contributed by atoms with van der Waals surface area (Å²) in [5, 5.41) is 0. The van der Waals surface area contributed by atoms with Crippen LogP contribution in [0.2, 0.25) is 0 Å². The number of rotatable bonds is 6. The highest BCUT2D eigenvalue weighted by Gasteiger charge is 2.23. The molecule has 0 fully saturated rings. The Bertz CT molecular complexity index is 875. The molecular weight excluding hydrogens is 338 g/mol. The van der Waals surface area contributed by atoms with Gasteiger partial charge in [-0.3, -0.25) is 0 Å². The van der Waals surface area contributed by atoms with E-state index in [2.05, 4.69) is 4.72 Å². The first-order valence-corrected chi connectivity index (χ1v) is 9.55. The van der Waals surface area contributed by atoms with Gasteiger partial charge in [0.2, 0.25) is 10.0 Å². The number of benzene rings is 2. The molecule has 0 saturated heterocycles. The SMILES string of the molecule is CC[C@H](NS(=O)(=O)c1ccc(C)c(C(=O)OC)c1)c1ccccc1C. The second-order valence-electron chi connectivity index (χ2n) is 5.91. The third kappa shape index (κ3) is 4.27. The van der Waals surface area contributed by atoms with Crippen LogP contribution in [0.5, 0.6) is 0 Å². The lowest BCUT2D eigenvalue weighted by Crippen LogP contribution is -2.29. The maximum Gasteiger partial charge on any atom is 0.338 e. The zero-order valence-corrected chi connectivity index (χ0v) is 15.7. The van der Waals surface area contributed by atoms with E-state index in [4.69, 9.17) is 4.74 Å². The van der Waals surface area contributed by atoms with E-state index in [1.165, 1.54) is 19.2 Å². The minimum atomic E-state index is -3.78. The van der Waals surface area contributed by atoms with Crippen molar-refractivity contribution >= 4 is 16.0 Å². The van der Waals surface area contributed by atoms with Crippen molar-refractivity contribution < 1.29 is 17.9 Å². The van der Waals surface area contributed by atoms with E-state index in [0.29, 0.717) is 12.0 Å². The van der Waals surface area contributed by atoms with Crippen molar-refractivity contribution in [2.75, 3.05) is 7.11 Å². The first-order valence-electron chi connectivity index (χ1n) is 8.07. The Morgan fingerprint density at radius 1 is 1.12 bits per heavy atom. The van der Waals surface area contributed by atoms with Crippen molar-refractivity contribution in [3.05, 3.63) is 64.7 Å². The summed E-state index contributed by atoms with van der Waals surface area (Å²) < 4.78 is 33.1. The highest BCUT2D eigenvalue weighted by Crippen LogP contribution is 2.24. The number of hydrogen-bond acceptors (Lipinski definition) is 4. The highest BCUT2D eigenvalue weighted by molar-refractivity contribution is 7.89. The van der Waals surface area contributed by atoms with Crippen molar-refractivity contribution in [1.82, 2.24) is 4.72 Å². The zero-order valence-electron chi connectivity index (χ0n) is 14.9. The van der Waals surface area contributed by atoms with Crippen LogP contribution in [0.25, 0.3) is 0 Å². The second kappa shape index (κ2) is 7.80. The van der Waals surface area contributed by atoms with Crippen LogP contribution in [0, 0.1) is 13.8 Å². The Morgan fingerprint density at radius 2 is 1.80 bits per heavy atom. The molecule has 0 amide bonds. The van der Waals surface area contributed by atoms with Crippen molar-refractivity contribution in [2.24, 2.45) is 0 Å². The van der Waals surface area contributed by atoms with Crippen molar-refractivity contribution in [1.29, 1.82) is 0 Å². The maximum absolute atomic E-state index is 12.8. The molecule has 2 aromatic carbocycles. The molecule has 2 aromatic rings. The summed E-state index contributed by atoms with van der Waals surface area (Å²) in [7, 11) is -2.50. The topological polar surface area (TPSA) is 72.5 Å². The fraction of sp³-hybridized carbons (Fsp3) is 0.316. The van der Waals surface area contributed by atoms with Crippen LogP contribution in [-0.2, 0) is 14.8 Å². The lowest BCUT2D eigenvalue weighted by Gasteiger charge is -2.20. The first kappa shape index (κ1) is 19.1. The summed E-state index contributed by atoms with van der Waals surface area (Å²) in [6.07, 6.45) is 0.611. The Labute approximate surface area is 149 Å². The Balaban J connectivity index is 2.38. The molecule has 5 nitrogen and oxygen atoms in total. The van der Waals surface area contributed by atoms with Crippen molar-refractivity contribution in [3.63, 3.8) is 0 Å². The van der Waals surface area contributed by atoms with Crippen molar-refractivity contribution in [2.45, 2.75) is 38.1 Å². The van der Waals surface area contributed by atoms with E-state index in [1.54, 1.807) is 13.0 Å². The largest absolute Gasteiger partial charge is 0.465 e. The fourth-order valence-corrected chi connectivity index (χ4v) is 4.02. The summed E-state index contributed by atoms with van der Waals surface area (Å²) in [6, 6.07) is 11.8. The Hall–Kier alpha value is -2.18. The van der Waals surface area contributed by atoms with Gasteiger partial charge < -0.3 is 4.74 Å². The van der Waals surface area contributed by atoms with Gasteiger partial charge in [-0.15, -0.1) is 0 Å². The molecule has 0 aromatic heterocycles. The van der Waals surface area contributed by atoms with E-state index >= 15 is 0 Å². The van der Waals surface area contributed by atoms with Gasteiger partial charge in [-0.1, -0.05) is 37.3 Å². The normalized spacial score (nSPS) is 12.6. The summed E-state index contributed by atoms with van der Waals surface area (Å²) in [5.74, 6) is -0.555. The average Bonchev–Trinajstić information content (AvgIpc) is 2.60. The number of carbonyl (C=O) groups excluding carboxylic acids is 1. The van der Waals surface area contributed by atoms with Gasteiger partial charge in [0.05, 0.1) is 17.6 Å². The van der Waals surface area contributed by atoms with E-state index in [0.717, 1.165) is 11.1 Å². The van der Waals surface area contributed by atoms with Gasteiger partial charge in [-0.05, 0) is 49.1 Å². The molecular formula is C19H23NO4S. The molecule has 0 radical (unpaired) electrons. The van der Waals surface area contributed by atoms with E-state index in [1.807, 2.05) is 38.1 Å². The molecule has 0 aliphatic rings. The fourth-order valence-electron chi connectivity index (χ4n) is 2.70. The average molecular weight is 361 g/mol. The quantitative estimate of drug-likeness (QED) is 0.799. The molecule has 0 bridgehead atoms. The van der Waals surface area contributed by atoms with Crippen LogP contribution in [0.4, 0.5) is 0 Å². The number of sulfonamides is 1. The van der Waals surface area contributed by atoms with Crippen LogP contribution in [0.3, 0.4) is 0 Å². The molecule has 0 saturated carbocycles. The summed E-state index contributed by atoms with van der Waals surface area (Å²) in [5.41, 5.74) is 2.87. The second-order valence-corrected chi connectivity index (χ2v) is 7.62. The molecule has 0 heterocycles. The molecule has 0 unspecified atom stereocenters. The van der Waals surface area contributed by atoms with Gasteiger partial charge in [0.25, 0.3) is 0 Å². The number of esters is 1. The lowest BCUT2D eigenvalue weighted by molar-refractivity contribution is 0.0599. The smallest absolute Gasteiger partial charge is 0.338 e. The van der Waals surface area contributed by atoms with Gasteiger partial charge in [0.15, 0.2) is 0 Å².